The topological polar surface area (TPSA) is 111 Å². The van der Waals surface area contributed by atoms with Gasteiger partial charge in [-0.2, -0.15) is 0 Å². The molecule has 4 N–H and O–H groups in total. The summed E-state index contributed by atoms with van der Waals surface area (Å²) in [7, 11) is 0. The predicted octanol–water partition coefficient (Wildman–Crippen LogP) is 1.26. The van der Waals surface area contributed by atoms with Crippen molar-refractivity contribution < 1.29 is 14.3 Å². The Bertz CT molecular complexity index is 670. The third-order valence-corrected chi connectivity index (χ3v) is 4.00. The first-order chi connectivity index (χ1) is 11.3. The molecular formula is C17H24N4O3. The van der Waals surface area contributed by atoms with Gasteiger partial charge >= 0.3 is 0 Å². The minimum absolute atomic E-state index is 0.0897. The molecule has 0 radical (unpaired) electrons. The molecule has 1 aromatic carbocycles. The molecule has 7 heteroatoms. The van der Waals surface area contributed by atoms with Crippen LogP contribution in [0, 0.1) is 5.92 Å². The van der Waals surface area contributed by atoms with Gasteiger partial charge in [0.2, 0.25) is 11.8 Å². The minimum atomic E-state index is -0.536. The van der Waals surface area contributed by atoms with E-state index in [0.29, 0.717) is 29.9 Å². The van der Waals surface area contributed by atoms with Gasteiger partial charge in [0.15, 0.2) is 5.96 Å². The Morgan fingerprint density at radius 3 is 2.71 bits per heavy atom. The van der Waals surface area contributed by atoms with Gasteiger partial charge in [0.1, 0.15) is 5.75 Å². The first kappa shape index (κ1) is 17.8. The van der Waals surface area contributed by atoms with E-state index in [1.165, 1.54) is 4.90 Å². The summed E-state index contributed by atoms with van der Waals surface area (Å²) in [6.45, 7) is 6.54. The zero-order chi connectivity index (χ0) is 17.9. The predicted molar refractivity (Wildman–Crippen MR) is 91.5 cm³/mol. The van der Waals surface area contributed by atoms with Crippen LogP contribution in [0.1, 0.15) is 43.1 Å². The number of rotatable bonds is 6. The highest BCUT2D eigenvalue weighted by atomic mass is 16.5. The molecule has 0 aliphatic carbocycles. The Morgan fingerprint density at radius 2 is 2.17 bits per heavy atom. The maximum atomic E-state index is 12.4. The third-order valence-electron chi connectivity index (χ3n) is 4.00. The molecule has 1 heterocycles. The molecule has 0 spiro atoms. The minimum Gasteiger partial charge on any atom is -0.494 e. The number of ether oxygens (including phenoxy) is 1. The van der Waals surface area contributed by atoms with Gasteiger partial charge in [-0.3, -0.25) is 14.5 Å². The second kappa shape index (κ2) is 7.33. The summed E-state index contributed by atoms with van der Waals surface area (Å²) in [5.74, 6) is 0.400. The summed E-state index contributed by atoms with van der Waals surface area (Å²) in [4.78, 5) is 29.7. The van der Waals surface area contributed by atoms with E-state index in [0.717, 1.165) is 0 Å². The Hall–Kier alpha value is -2.57. The van der Waals surface area contributed by atoms with Crippen molar-refractivity contribution in [2.24, 2.45) is 22.4 Å². The van der Waals surface area contributed by atoms with Crippen molar-refractivity contribution in [1.29, 1.82) is 0 Å². The molecule has 130 valence electrons. The lowest BCUT2D eigenvalue weighted by molar-refractivity contribution is -0.129. The van der Waals surface area contributed by atoms with Crippen LogP contribution in [-0.4, -0.2) is 35.3 Å². The number of carbonyl (C=O) groups excluding carboxylic acids is 2. The zero-order valence-electron chi connectivity index (χ0n) is 14.3. The quantitative estimate of drug-likeness (QED) is 0.816. The lowest BCUT2D eigenvalue weighted by atomic mass is 9.99. The monoisotopic (exact) mass is 332 g/mol. The van der Waals surface area contributed by atoms with Crippen LogP contribution in [0.25, 0.3) is 0 Å². The van der Waals surface area contributed by atoms with E-state index in [-0.39, 0.29) is 30.4 Å². The highest BCUT2D eigenvalue weighted by molar-refractivity contribution is 5.98. The van der Waals surface area contributed by atoms with Crippen LogP contribution in [0.3, 0.4) is 0 Å². The molecule has 0 aromatic heterocycles. The fourth-order valence-electron chi connectivity index (χ4n) is 2.58. The number of nitrogens with zero attached hydrogens (tertiary/aromatic N) is 2. The van der Waals surface area contributed by atoms with Gasteiger partial charge in [0, 0.05) is 11.1 Å². The summed E-state index contributed by atoms with van der Waals surface area (Å²) < 4.78 is 5.57. The van der Waals surface area contributed by atoms with Gasteiger partial charge in [-0.1, -0.05) is 13.8 Å². The van der Waals surface area contributed by atoms with E-state index in [4.69, 9.17) is 16.2 Å². The summed E-state index contributed by atoms with van der Waals surface area (Å²) in [6, 6.07) is 4.80. The van der Waals surface area contributed by atoms with Gasteiger partial charge < -0.3 is 16.2 Å². The molecule has 1 aromatic rings. The summed E-state index contributed by atoms with van der Waals surface area (Å²) in [5, 5.41) is 0. The average molecular weight is 332 g/mol. The van der Waals surface area contributed by atoms with Crippen LogP contribution < -0.4 is 16.2 Å². The second-order valence-corrected chi connectivity index (χ2v) is 6.10. The number of hydrogen-bond donors (Lipinski definition) is 2. The van der Waals surface area contributed by atoms with E-state index in [1.807, 2.05) is 20.8 Å². The molecule has 2 rings (SSSR count). The van der Waals surface area contributed by atoms with E-state index in [1.54, 1.807) is 18.2 Å². The molecule has 1 aliphatic rings. The van der Waals surface area contributed by atoms with Crippen molar-refractivity contribution in [2.45, 2.75) is 39.8 Å². The number of carbonyl (C=O) groups is 2. The van der Waals surface area contributed by atoms with Crippen molar-refractivity contribution in [3.05, 3.63) is 29.3 Å². The molecule has 0 bridgehead atoms. The first-order valence-electron chi connectivity index (χ1n) is 8.02. The third kappa shape index (κ3) is 3.84. The Kier molecular flexibility index (Phi) is 5.43. The summed E-state index contributed by atoms with van der Waals surface area (Å²) >= 11 is 0. The van der Waals surface area contributed by atoms with Crippen LogP contribution in [0.15, 0.2) is 23.2 Å². The first-order valence-corrected chi connectivity index (χ1v) is 8.02. The van der Waals surface area contributed by atoms with Crippen molar-refractivity contribution in [3.8, 4) is 5.75 Å². The lowest BCUT2D eigenvalue weighted by Crippen LogP contribution is -2.47. The Balaban J connectivity index is 2.32. The fraction of sp³-hybridized carbons (Fsp3) is 0.471. The Labute approximate surface area is 141 Å². The van der Waals surface area contributed by atoms with Crippen molar-refractivity contribution >= 4 is 17.8 Å². The van der Waals surface area contributed by atoms with E-state index in [9.17, 15) is 9.59 Å². The maximum Gasteiger partial charge on any atom is 0.248 e. The van der Waals surface area contributed by atoms with Gasteiger partial charge in [0.05, 0.1) is 25.6 Å². The number of hydrogen-bond acceptors (Lipinski definition) is 5. The van der Waals surface area contributed by atoms with Crippen LogP contribution in [0.2, 0.25) is 0 Å². The van der Waals surface area contributed by atoms with Gasteiger partial charge in [-0.15, -0.1) is 0 Å². The highest BCUT2D eigenvalue weighted by Crippen LogP contribution is 2.25. The molecule has 1 aliphatic heterocycles. The maximum absolute atomic E-state index is 12.4. The fourth-order valence-corrected chi connectivity index (χ4v) is 2.58. The largest absolute Gasteiger partial charge is 0.494 e. The second-order valence-electron chi connectivity index (χ2n) is 6.10. The molecule has 0 fully saturated rings. The van der Waals surface area contributed by atoms with Crippen molar-refractivity contribution in [1.82, 2.24) is 4.90 Å². The van der Waals surface area contributed by atoms with Crippen LogP contribution >= 0.6 is 0 Å². The van der Waals surface area contributed by atoms with Crippen molar-refractivity contribution in [2.75, 3.05) is 6.61 Å². The van der Waals surface area contributed by atoms with E-state index >= 15 is 0 Å². The molecule has 1 atom stereocenters. The number of benzene rings is 1. The summed E-state index contributed by atoms with van der Waals surface area (Å²) in [5.41, 5.74) is 12.4. The summed E-state index contributed by atoms with van der Waals surface area (Å²) in [6.07, 6.45) is 0.317. The van der Waals surface area contributed by atoms with Crippen LogP contribution in [0.5, 0.6) is 5.75 Å². The standard InChI is InChI=1S/C17H24N4O3/c1-4-24-14-6-5-11(16(18)23)7-12(14)9-21-15(22)8-13(10(2)3)20-17(21)19/h5-7,10,13H,4,8-9H2,1-3H3,(H2,18,23)(H2,19,20). The smallest absolute Gasteiger partial charge is 0.248 e. The lowest BCUT2D eigenvalue weighted by Gasteiger charge is -2.30. The number of nitrogens with two attached hydrogens (primary N) is 2. The normalized spacial score (nSPS) is 17.8. The van der Waals surface area contributed by atoms with Crippen LogP contribution in [-0.2, 0) is 11.3 Å². The molecule has 2 amide bonds. The SMILES string of the molecule is CCOc1ccc(C(N)=O)cc1CN1C(=O)CC(C(C)C)N=C1N. The molecular weight excluding hydrogens is 308 g/mol. The number of guanidine groups is 1. The highest BCUT2D eigenvalue weighted by Gasteiger charge is 2.29. The number of amides is 2. The van der Waals surface area contributed by atoms with Gasteiger partial charge in [-0.05, 0) is 31.0 Å². The Morgan fingerprint density at radius 1 is 1.46 bits per heavy atom. The zero-order valence-corrected chi connectivity index (χ0v) is 14.3. The van der Waals surface area contributed by atoms with Crippen LogP contribution in [0.4, 0.5) is 0 Å². The van der Waals surface area contributed by atoms with E-state index in [2.05, 4.69) is 4.99 Å². The number of aliphatic imine (C=N–C) groups is 1. The average Bonchev–Trinajstić information content (AvgIpc) is 2.51. The molecule has 24 heavy (non-hydrogen) atoms. The van der Waals surface area contributed by atoms with Gasteiger partial charge in [0.25, 0.3) is 0 Å². The number of primary amides is 1. The van der Waals surface area contributed by atoms with Crippen molar-refractivity contribution in [3.63, 3.8) is 0 Å². The van der Waals surface area contributed by atoms with E-state index < -0.39 is 5.91 Å². The molecule has 1 unspecified atom stereocenters. The van der Waals surface area contributed by atoms with Gasteiger partial charge in [-0.25, -0.2) is 4.99 Å². The molecule has 7 nitrogen and oxygen atoms in total. The molecule has 0 saturated heterocycles. The molecule has 0 saturated carbocycles.